The van der Waals surface area contributed by atoms with E-state index in [4.69, 9.17) is 14.2 Å². The number of phenols is 1. The summed E-state index contributed by atoms with van der Waals surface area (Å²) in [6.07, 6.45) is 1.45. The zero-order valence-electron chi connectivity index (χ0n) is 15.1. The number of hydrogen-bond donors (Lipinski definition) is 2. The lowest BCUT2D eigenvalue weighted by Gasteiger charge is -2.08. The van der Waals surface area contributed by atoms with Gasteiger partial charge in [-0.05, 0) is 71.7 Å². The predicted octanol–water partition coefficient (Wildman–Crippen LogP) is 3.48. The first kappa shape index (κ1) is 20.6. The molecule has 0 aromatic heterocycles. The first-order valence-electron chi connectivity index (χ1n) is 8.36. The number of amides is 1. The molecule has 0 fully saturated rings. The zero-order valence-corrected chi connectivity index (χ0v) is 16.7. The van der Waals surface area contributed by atoms with Crippen LogP contribution in [0, 0.1) is 0 Å². The third-order valence-electron chi connectivity index (χ3n) is 3.26. The van der Waals surface area contributed by atoms with E-state index < -0.39 is 5.91 Å². The minimum atomic E-state index is -0.400. The average molecular weight is 437 g/mol. The summed E-state index contributed by atoms with van der Waals surface area (Å²) in [4.78, 5) is 11.8. The fraction of sp³-hybridized carbons (Fsp3) is 0.263. The first-order chi connectivity index (χ1) is 13.0. The van der Waals surface area contributed by atoms with Gasteiger partial charge < -0.3 is 19.3 Å². The Balaban J connectivity index is 1.86. The Kier molecular flexibility index (Phi) is 7.94. The molecule has 0 bridgehead atoms. The second-order valence-electron chi connectivity index (χ2n) is 5.27. The number of nitrogens with one attached hydrogen (secondary N) is 1. The Morgan fingerprint density at radius 2 is 1.74 bits per heavy atom. The molecule has 2 aromatic carbocycles. The lowest BCUT2D eigenvalue weighted by Crippen LogP contribution is -2.24. The summed E-state index contributed by atoms with van der Waals surface area (Å²) in [6, 6.07) is 10.3. The molecule has 0 heterocycles. The number of carbonyl (C=O) groups excluding carboxylic acids is 1. The predicted molar refractivity (Wildman–Crippen MR) is 106 cm³/mol. The van der Waals surface area contributed by atoms with E-state index in [2.05, 4.69) is 26.5 Å². The van der Waals surface area contributed by atoms with Crippen molar-refractivity contribution in [3.8, 4) is 23.0 Å². The fourth-order valence-corrected chi connectivity index (χ4v) is 2.55. The molecule has 0 aliphatic heterocycles. The number of nitrogens with zero attached hydrogens (tertiary/aromatic N) is 1. The molecular formula is C19H21BrN2O5. The molecule has 2 rings (SSSR count). The van der Waals surface area contributed by atoms with Gasteiger partial charge in [-0.15, -0.1) is 0 Å². The van der Waals surface area contributed by atoms with Crippen LogP contribution in [0.4, 0.5) is 0 Å². The number of carbonyl (C=O) groups is 1. The molecule has 0 unspecified atom stereocenters. The quantitative estimate of drug-likeness (QED) is 0.463. The van der Waals surface area contributed by atoms with Gasteiger partial charge in [-0.2, -0.15) is 5.10 Å². The number of aromatic hydroxyl groups is 1. The van der Waals surface area contributed by atoms with E-state index >= 15 is 0 Å². The minimum absolute atomic E-state index is 0.0155. The van der Waals surface area contributed by atoms with Crippen LogP contribution in [-0.4, -0.2) is 37.0 Å². The minimum Gasteiger partial charge on any atom is -0.503 e. The summed E-state index contributed by atoms with van der Waals surface area (Å²) < 4.78 is 16.5. The van der Waals surface area contributed by atoms with E-state index in [9.17, 15) is 9.90 Å². The van der Waals surface area contributed by atoms with Crippen molar-refractivity contribution >= 4 is 28.1 Å². The Bertz CT molecular complexity index is 793. The molecule has 0 radical (unpaired) electrons. The summed E-state index contributed by atoms with van der Waals surface area (Å²) in [5, 5.41) is 13.8. The van der Waals surface area contributed by atoms with Gasteiger partial charge in [0.25, 0.3) is 5.91 Å². The van der Waals surface area contributed by atoms with Gasteiger partial charge in [-0.3, -0.25) is 4.79 Å². The van der Waals surface area contributed by atoms with Crippen molar-refractivity contribution in [1.82, 2.24) is 5.43 Å². The SMILES string of the molecule is CCOc1ccc(OCC(=O)N/N=C/c2cc(Br)c(O)c(OCC)c2)cc1. The molecule has 8 heteroatoms. The van der Waals surface area contributed by atoms with Gasteiger partial charge in [-0.25, -0.2) is 5.43 Å². The third-order valence-corrected chi connectivity index (χ3v) is 3.86. The van der Waals surface area contributed by atoms with Gasteiger partial charge in [0.15, 0.2) is 18.1 Å². The van der Waals surface area contributed by atoms with Crippen LogP contribution >= 0.6 is 15.9 Å². The standard InChI is InChI=1S/C19H21BrN2O5/c1-3-25-14-5-7-15(8-6-14)27-12-18(23)22-21-11-13-9-16(20)19(24)17(10-13)26-4-2/h5-11,24H,3-4,12H2,1-2H3,(H,22,23)/b21-11+. The summed E-state index contributed by atoms with van der Waals surface area (Å²) in [7, 11) is 0. The molecule has 2 aromatic rings. The molecule has 0 atom stereocenters. The van der Waals surface area contributed by atoms with Crippen LogP contribution in [0.1, 0.15) is 19.4 Å². The molecule has 7 nitrogen and oxygen atoms in total. The Morgan fingerprint density at radius 3 is 2.37 bits per heavy atom. The van der Waals surface area contributed by atoms with Crippen LogP contribution in [0.25, 0.3) is 0 Å². The van der Waals surface area contributed by atoms with Crippen molar-refractivity contribution in [2.75, 3.05) is 19.8 Å². The summed E-state index contributed by atoms with van der Waals surface area (Å²) in [5.74, 6) is 1.25. The number of rotatable bonds is 9. The van der Waals surface area contributed by atoms with Crippen LogP contribution in [0.5, 0.6) is 23.0 Å². The molecule has 1 amide bonds. The van der Waals surface area contributed by atoms with Crippen LogP contribution < -0.4 is 19.6 Å². The topological polar surface area (TPSA) is 89.4 Å². The molecule has 0 saturated heterocycles. The van der Waals surface area contributed by atoms with Crippen molar-refractivity contribution in [1.29, 1.82) is 0 Å². The molecule has 0 aliphatic carbocycles. The molecule has 27 heavy (non-hydrogen) atoms. The van der Waals surface area contributed by atoms with E-state index in [1.807, 2.05) is 13.8 Å². The van der Waals surface area contributed by atoms with Crippen molar-refractivity contribution < 1.29 is 24.1 Å². The maximum absolute atomic E-state index is 11.8. The van der Waals surface area contributed by atoms with E-state index in [1.54, 1.807) is 36.4 Å². The number of phenolic OH excluding ortho intramolecular Hbond substituents is 1. The largest absolute Gasteiger partial charge is 0.503 e. The van der Waals surface area contributed by atoms with Crippen LogP contribution in [0.2, 0.25) is 0 Å². The summed E-state index contributed by atoms with van der Waals surface area (Å²) in [6.45, 7) is 4.56. The normalized spacial score (nSPS) is 10.6. The van der Waals surface area contributed by atoms with E-state index in [0.29, 0.717) is 34.7 Å². The van der Waals surface area contributed by atoms with Crippen LogP contribution in [0.3, 0.4) is 0 Å². The van der Waals surface area contributed by atoms with Gasteiger partial charge in [0.2, 0.25) is 0 Å². The number of ether oxygens (including phenoxy) is 3. The summed E-state index contributed by atoms with van der Waals surface area (Å²) in [5.41, 5.74) is 3.03. The number of hydrazone groups is 1. The fourth-order valence-electron chi connectivity index (χ4n) is 2.09. The molecule has 0 spiro atoms. The first-order valence-corrected chi connectivity index (χ1v) is 9.15. The lowest BCUT2D eigenvalue weighted by atomic mass is 10.2. The van der Waals surface area contributed by atoms with Crippen molar-refractivity contribution in [3.05, 3.63) is 46.4 Å². The monoisotopic (exact) mass is 436 g/mol. The summed E-state index contributed by atoms with van der Waals surface area (Å²) >= 11 is 3.25. The highest BCUT2D eigenvalue weighted by Gasteiger charge is 2.08. The smallest absolute Gasteiger partial charge is 0.277 e. The zero-order chi connectivity index (χ0) is 19.6. The van der Waals surface area contributed by atoms with E-state index in [0.717, 1.165) is 5.75 Å². The van der Waals surface area contributed by atoms with Crippen molar-refractivity contribution in [2.45, 2.75) is 13.8 Å². The van der Waals surface area contributed by atoms with Crippen molar-refractivity contribution in [2.24, 2.45) is 5.10 Å². The van der Waals surface area contributed by atoms with Gasteiger partial charge in [0.05, 0.1) is 23.9 Å². The number of benzene rings is 2. The second kappa shape index (κ2) is 10.4. The van der Waals surface area contributed by atoms with Crippen LogP contribution in [0.15, 0.2) is 46.0 Å². The highest BCUT2D eigenvalue weighted by Crippen LogP contribution is 2.35. The second-order valence-corrected chi connectivity index (χ2v) is 6.12. The maximum atomic E-state index is 11.8. The maximum Gasteiger partial charge on any atom is 0.277 e. The van der Waals surface area contributed by atoms with E-state index in [-0.39, 0.29) is 12.4 Å². The number of halogens is 1. The molecule has 144 valence electrons. The lowest BCUT2D eigenvalue weighted by molar-refractivity contribution is -0.123. The highest BCUT2D eigenvalue weighted by atomic mass is 79.9. The van der Waals surface area contributed by atoms with Gasteiger partial charge in [0, 0.05) is 0 Å². The van der Waals surface area contributed by atoms with Crippen LogP contribution in [-0.2, 0) is 4.79 Å². The Hall–Kier alpha value is -2.74. The third kappa shape index (κ3) is 6.49. The average Bonchev–Trinajstić information content (AvgIpc) is 2.65. The van der Waals surface area contributed by atoms with Gasteiger partial charge >= 0.3 is 0 Å². The Labute approximate surface area is 166 Å². The Morgan fingerprint density at radius 1 is 1.11 bits per heavy atom. The molecule has 0 saturated carbocycles. The molecule has 0 aliphatic rings. The highest BCUT2D eigenvalue weighted by molar-refractivity contribution is 9.10. The van der Waals surface area contributed by atoms with Gasteiger partial charge in [-0.1, -0.05) is 0 Å². The van der Waals surface area contributed by atoms with Gasteiger partial charge in [0.1, 0.15) is 11.5 Å². The molecular weight excluding hydrogens is 416 g/mol. The number of hydrogen-bond acceptors (Lipinski definition) is 6. The van der Waals surface area contributed by atoms with E-state index in [1.165, 1.54) is 6.21 Å². The van der Waals surface area contributed by atoms with Crippen molar-refractivity contribution in [3.63, 3.8) is 0 Å². The molecule has 2 N–H and O–H groups in total.